The first-order valence-electron chi connectivity index (χ1n) is 7.50. The third kappa shape index (κ3) is 2.93. The lowest BCUT2D eigenvalue weighted by atomic mass is 9.74. The first-order chi connectivity index (χ1) is 10.1. The number of alkyl halides is 3. The van der Waals surface area contributed by atoms with E-state index in [2.05, 4.69) is 5.43 Å². The van der Waals surface area contributed by atoms with Crippen LogP contribution in [0.25, 0.3) is 0 Å². The lowest BCUT2D eigenvalue weighted by Crippen LogP contribution is -2.51. The van der Waals surface area contributed by atoms with E-state index in [-0.39, 0.29) is 30.8 Å². The van der Waals surface area contributed by atoms with Crippen LogP contribution in [0.5, 0.6) is 0 Å². The fourth-order valence-corrected chi connectivity index (χ4v) is 3.63. The van der Waals surface area contributed by atoms with Crippen LogP contribution < -0.4 is 11.3 Å². The maximum absolute atomic E-state index is 12.7. The average molecular weight is 321 g/mol. The van der Waals surface area contributed by atoms with E-state index in [9.17, 15) is 22.8 Å². The summed E-state index contributed by atoms with van der Waals surface area (Å²) in [7, 11) is 0. The second kappa shape index (κ2) is 5.72. The summed E-state index contributed by atoms with van der Waals surface area (Å²) in [4.78, 5) is 25.2. The second-order valence-corrected chi connectivity index (χ2v) is 6.55. The number of amides is 2. The molecule has 1 aliphatic carbocycles. The van der Waals surface area contributed by atoms with Gasteiger partial charge in [-0.25, -0.2) is 5.84 Å². The predicted molar refractivity (Wildman–Crippen MR) is 73.1 cm³/mol. The molecule has 22 heavy (non-hydrogen) atoms. The highest BCUT2D eigenvalue weighted by Crippen LogP contribution is 2.56. The van der Waals surface area contributed by atoms with Crippen molar-refractivity contribution in [2.24, 2.45) is 29.0 Å². The first kappa shape index (κ1) is 17.1. The highest BCUT2D eigenvalue weighted by Gasteiger charge is 2.57. The van der Waals surface area contributed by atoms with Crippen molar-refractivity contribution < 1.29 is 22.8 Å². The number of nitrogens with one attached hydrogen (secondary N) is 1. The lowest BCUT2D eigenvalue weighted by Gasteiger charge is -2.41. The van der Waals surface area contributed by atoms with E-state index in [0.29, 0.717) is 6.42 Å². The van der Waals surface area contributed by atoms with Crippen molar-refractivity contribution in [2.75, 3.05) is 13.1 Å². The van der Waals surface area contributed by atoms with Crippen molar-refractivity contribution in [3.05, 3.63) is 0 Å². The van der Waals surface area contributed by atoms with Crippen molar-refractivity contribution in [3.63, 3.8) is 0 Å². The summed E-state index contributed by atoms with van der Waals surface area (Å²) in [5.41, 5.74) is 1.70. The molecule has 3 atom stereocenters. The van der Waals surface area contributed by atoms with Crippen LogP contribution in [0.4, 0.5) is 13.2 Å². The normalized spacial score (nSPS) is 28.9. The molecule has 0 radical (unpaired) electrons. The smallest absolute Gasteiger partial charge is 0.342 e. The molecule has 0 aromatic rings. The number of rotatable bonds is 3. The zero-order chi connectivity index (χ0) is 16.7. The largest absolute Gasteiger partial charge is 0.400 e. The van der Waals surface area contributed by atoms with Crippen molar-refractivity contribution in [1.29, 1.82) is 0 Å². The molecule has 1 saturated carbocycles. The van der Waals surface area contributed by atoms with E-state index in [1.807, 2.05) is 6.92 Å². The van der Waals surface area contributed by atoms with Gasteiger partial charge in [-0.15, -0.1) is 0 Å². The fraction of sp³-hybridized carbons (Fsp3) is 0.857. The topological polar surface area (TPSA) is 75.4 Å². The van der Waals surface area contributed by atoms with Crippen LogP contribution in [0.1, 0.15) is 33.1 Å². The van der Waals surface area contributed by atoms with Gasteiger partial charge >= 0.3 is 6.18 Å². The zero-order valence-electron chi connectivity index (χ0n) is 12.7. The summed E-state index contributed by atoms with van der Waals surface area (Å²) in [6.07, 6.45) is -2.49. The molecule has 0 aromatic heterocycles. The Morgan fingerprint density at radius 3 is 2.36 bits per heavy atom. The number of hydrogen-bond donors (Lipinski definition) is 2. The van der Waals surface area contributed by atoms with Gasteiger partial charge in [0.1, 0.15) is 5.92 Å². The van der Waals surface area contributed by atoms with Gasteiger partial charge in [-0.3, -0.25) is 15.0 Å². The third-order valence-electron chi connectivity index (χ3n) is 5.16. The molecule has 126 valence electrons. The molecule has 0 aromatic carbocycles. The Morgan fingerprint density at radius 2 is 1.95 bits per heavy atom. The maximum Gasteiger partial charge on any atom is 0.400 e. The molecular formula is C14H22F3N3O2. The molecule has 5 nitrogen and oxygen atoms in total. The molecule has 0 bridgehead atoms. The molecule has 1 heterocycles. The Balaban J connectivity index is 2.02. The van der Waals surface area contributed by atoms with Gasteiger partial charge in [0, 0.05) is 13.1 Å². The van der Waals surface area contributed by atoms with Gasteiger partial charge < -0.3 is 4.90 Å². The zero-order valence-corrected chi connectivity index (χ0v) is 12.7. The monoisotopic (exact) mass is 321 g/mol. The SMILES string of the molecule is CC1CN(C(=O)[C@H](C)C(F)(F)F)CCC1C1(C(=O)NN)CC1. The Bertz CT molecular complexity index is 463. The third-order valence-corrected chi connectivity index (χ3v) is 5.16. The van der Waals surface area contributed by atoms with Gasteiger partial charge in [0.2, 0.25) is 11.8 Å². The van der Waals surface area contributed by atoms with Crippen LogP contribution in [0.15, 0.2) is 0 Å². The molecule has 2 amide bonds. The number of piperidine rings is 1. The minimum absolute atomic E-state index is 0.0297. The molecule has 2 unspecified atom stereocenters. The van der Waals surface area contributed by atoms with Crippen molar-refractivity contribution in [3.8, 4) is 0 Å². The summed E-state index contributed by atoms with van der Waals surface area (Å²) >= 11 is 0. The van der Waals surface area contributed by atoms with Gasteiger partial charge in [0.25, 0.3) is 0 Å². The van der Waals surface area contributed by atoms with Crippen molar-refractivity contribution in [1.82, 2.24) is 10.3 Å². The maximum atomic E-state index is 12.7. The Morgan fingerprint density at radius 1 is 1.36 bits per heavy atom. The Kier molecular flexibility index (Phi) is 4.43. The average Bonchev–Trinajstić information content (AvgIpc) is 3.25. The van der Waals surface area contributed by atoms with Gasteiger partial charge in [-0.1, -0.05) is 6.92 Å². The van der Waals surface area contributed by atoms with E-state index in [4.69, 9.17) is 5.84 Å². The number of hydrazine groups is 1. The lowest BCUT2D eigenvalue weighted by molar-refractivity contribution is -0.187. The summed E-state index contributed by atoms with van der Waals surface area (Å²) in [5.74, 6) is 2.18. The van der Waals surface area contributed by atoms with Crippen LogP contribution in [-0.4, -0.2) is 36.0 Å². The van der Waals surface area contributed by atoms with E-state index < -0.39 is 23.4 Å². The predicted octanol–water partition coefficient (Wildman–Crippen LogP) is 1.44. The molecule has 3 N–H and O–H groups in total. The molecular weight excluding hydrogens is 299 g/mol. The quantitative estimate of drug-likeness (QED) is 0.469. The minimum Gasteiger partial charge on any atom is -0.342 e. The molecule has 1 saturated heterocycles. The van der Waals surface area contributed by atoms with E-state index >= 15 is 0 Å². The molecule has 1 aliphatic heterocycles. The second-order valence-electron chi connectivity index (χ2n) is 6.55. The van der Waals surface area contributed by atoms with E-state index in [1.54, 1.807) is 0 Å². The molecule has 8 heteroatoms. The summed E-state index contributed by atoms with van der Waals surface area (Å²) in [6.45, 7) is 3.28. The Hall–Kier alpha value is -1.31. The van der Waals surface area contributed by atoms with Crippen LogP contribution in [0.3, 0.4) is 0 Å². The number of hydrogen-bond acceptors (Lipinski definition) is 3. The summed E-state index contributed by atoms with van der Waals surface area (Å²) in [5, 5.41) is 0. The van der Waals surface area contributed by atoms with Crippen molar-refractivity contribution in [2.45, 2.75) is 39.3 Å². The first-order valence-corrected chi connectivity index (χ1v) is 7.50. The number of carbonyl (C=O) groups excluding carboxylic acids is 2. The van der Waals surface area contributed by atoms with E-state index in [0.717, 1.165) is 19.8 Å². The summed E-state index contributed by atoms with van der Waals surface area (Å²) in [6, 6.07) is 0. The summed E-state index contributed by atoms with van der Waals surface area (Å²) < 4.78 is 38.0. The fourth-order valence-electron chi connectivity index (χ4n) is 3.63. The molecule has 2 fully saturated rings. The molecule has 2 aliphatic rings. The number of nitrogens with zero attached hydrogens (tertiary/aromatic N) is 1. The standard InChI is InChI=1S/C14H22F3N3O2/c1-8-7-20(11(21)9(2)14(15,16)17)6-3-10(8)13(4-5-13)12(22)19-18/h8-10H,3-7,18H2,1-2H3,(H,19,22)/t8?,9-,10?/m0/s1. The van der Waals surface area contributed by atoms with Gasteiger partial charge in [0.15, 0.2) is 0 Å². The van der Waals surface area contributed by atoms with Crippen LogP contribution in [0, 0.1) is 23.2 Å². The van der Waals surface area contributed by atoms with Gasteiger partial charge in [-0.05, 0) is 38.0 Å². The number of carbonyl (C=O) groups is 2. The highest BCUT2D eigenvalue weighted by molar-refractivity contribution is 5.85. The Labute approximate surface area is 127 Å². The van der Waals surface area contributed by atoms with Crippen molar-refractivity contribution >= 4 is 11.8 Å². The number of likely N-dealkylation sites (tertiary alicyclic amines) is 1. The van der Waals surface area contributed by atoms with E-state index in [1.165, 1.54) is 4.90 Å². The van der Waals surface area contributed by atoms with Crippen LogP contribution in [-0.2, 0) is 9.59 Å². The molecule has 2 rings (SSSR count). The van der Waals surface area contributed by atoms with Gasteiger partial charge in [-0.2, -0.15) is 13.2 Å². The highest BCUT2D eigenvalue weighted by atomic mass is 19.4. The van der Waals surface area contributed by atoms with Crippen LogP contribution in [0.2, 0.25) is 0 Å². The number of nitrogens with two attached hydrogens (primary N) is 1. The van der Waals surface area contributed by atoms with Gasteiger partial charge in [0.05, 0.1) is 5.41 Å². The van der Waals surface area contributed by atoms with Crippen LogP contribution >= 0.6 is 0 Å². The molecule has 0 spiro atoms. The minimum atomic E-state index is -4.52. The number of halogens is 3.